The molecule has 2 aliphatic rings. The quantitative estimate of drug-likeness (QED) is 0.249. The second kappa shape index (κ2) is 14.1. The first kappa shape index (κ1) is 33.9. The zero-order valence-electron chi connectivity index (χ0n) is 26.0. The Labute approximate surface area is 268 Å². The molecule has 0 bridgehead atoms. The minimum Gasteiger partial charge on any atom is -0.494 e. The van der Waals surface area contributed by atoms with Crippen molar-refractivity contribution in [2.75, 3.05) is 52.3 Å². The van der Waals surface area contributed by atoms with Crippen LogP contribution in [0.2, 0.25) is 0 Å². The van der Waals surface area contributed by atoms with E-state index in [1.165, 1.54) is 32.4 Å². The van der Waals surface area contributed by atoms with Gasteiger partial charge in [-0.25, -0.2) is 13.8 Å². The molecule has 2 amide bonds. The molecule has 2 aliphatic heterocycles. The van der Waals surface area contributed by atoms with E-state index < -0.39 is 42.6 Å². The number of nitrogens with zero attached hydrogens (tertiary/aromatic N) is 3. The van der Waals surface area contributed by atoms with Gasteiger partial charge in [0, 0.05) is 44.4 Å². The highest BCUT2D eigenvalue weighted by Gasteiger charge is 2.39. The van der Waals surface area contributed by atoms with E-state index in [-0.39, 0.29) is 64.2 Å². The summed E-state index contributed by atoms with van der Waals surface area (Å²) in [6, 6.07) is 4.42. The van der Waals surface area contributed by atoms with Gasteiger partial charge in [0.15, 0.2) is 0 Å². The van der Waals surface area contributed by atoms with Crippen LogP contribution < -0.4 is 20.7 Å². The number of halogens is 5. The summed E-state index contributed by atoms with van der Waals surface area (Å²) in [6.07, 6.45) is -4.12. The Bertz CT molecular complexity index is 1680. The van der Waals surface area contributed by atoms with Crippen LogP contribution in [0.15, 0.2) is 30.6 Å². The maximum absolute atomic E-state index is 15.4. The van der Waals surface area contributed by atoms with Crippen molar-refractivity contribution in [2.24, 2.45) is 5.92 Å². The summed E-state index contributed by atoms with van der Waals surface area (Å²) in [4.78, 5) is 31.8. The average molecular weight is 663 g/mol. The summed E-state index contributed by atoms with van der Waals surface area (Å²) in [7, 11) is 2.69. The van der Waals surface area contributed by atoms with Crippen LogP contribution in [0.5, 0.6) is 5.75 Å². The minimum absolute atomic E-state index is 0.0248. The Hall–Kier alpha value is -4.42. The fourth-order valence-corrected chi connectivity index (χ4v) is 6.01. The third kappa shape index (κ3) is 7.77. The molecule has 0 aliphatic carbocycles. The van der Waals surface area contributed by atoms with Crippen molar-refractivity contribution in [2.45, 2.75) is 44.3 Å². The number of rotatable bonds is 8. The number of carbonyl (C=O) groups is 2. The zero-order valence-corrected chi connectivity index (χ0v) is 26.0. The van der Waals surface area contributed by atoms with Crippen molar-refractivity contribution in [1.29, 1.82) is 0 Å². The van der Waals surface area contributed by atoms with Crippen molar-refractivity contribution in [1.82, 2.24) is 25.1 Å². The van der Waals surface area contributed by atoms with Crippen LogP contribution in [-0.2, 0) is 11.3 Å². The van der Waals surface area contributed by atoms with Gasteiger partial charge in [-0.05, 0) is 30.5 Å². The van der Waals surface area contributed by atoms with Gasteiger partial charge in [-0.1, -0.05) is 18.8 Å². The molecule has 15 heteroatoms. The van der Waals surface area contributed by atoms with Crippen molar-refractivity contribution in [3.8, 4) is 17.6 Å². The van der Waals surface area contributed by atoms with Gasteiger partial charge in [0.2, 0.25) is 0 Å². The van der Waals surface area contributed by atoms with Crippen LogP contribution in [0.4, 0.5) is 27.6 Å². The molecule has 1 unspecified atom stereocenters. The van der Waals surface area contributed by atoms with Gasteiger partial charge in [0.1, 0.15) is 29.8 Å². The maximum Gasteiger partial charge on any atom is 0.406 e. The first-order valence-corrected chi connectivity index (χ1v) is 15.0. The summed E-state index contributed by atoms with van der Waals surface area (Å²) in [6.45, 7) is 2.30. The SMILES string of the molecule is CNC(=O)c1cc(NCC#Cc2cc(C(=O)N[C@@H]3[C@@H](C)CN(C4CCOC4)C[C@@H]3F)c3ncn(CC(F)(F)F)c3c2)c(OC)cc1F. The number of benzene rings is 2. The largest absolute Gasteiger partial charge is 0.494 e. The molecule has 4 atom stereocenters. The van der Waals surface area contributed by atoms with Crippen LogP contribution in [-0.4, -0.2) is 97.7 Å². The Morgan fingerprint density at radius 2 is 1.94 bits per heavy atom. The highest BCUT2D eigenvalue weighted by atomic mass is 19.4. The van der Waals surface area contributed by atoms with Gasteiger partial charge in [-0.3, -0.25) is 14.5 Å². The lowest BCUT2D eigenvalue weighted by Gasteiger charge is -2.41. The maximum atomic E-state index is 15.4. The number of anilines is 1. The predicted octanol–water partition coefficient (Wildman–Crippen LogP) is 3.75. The Kier molecular flexibility index (Phi) is 10.2. The van der Waals surface area contributed by atoms with Crippen molar-refractivity contribution in [3.63, 3.8) is 0 Å². The number of nitrogens with one attached hydrogen (secondary N) is 3. The van der Waals surface area contributed by atoms with E-state index in [1.54, 1.807) is 0 Å². The second-order valence-corrected chi connectivity index (χ2v) is 11.6. The second-order valence-electron chi connectivity index (χ2n) is 11.6. The normalized spacial score (nSPS) is 21.6. The lowest BCUT2D eigenvalue weighted by Crippen LogP contribution is -2.59. The number of alkyl halides is 4. The van der Waals surface area contributed by atoms with E-state index in [9.17, 15) is 27.2 Å². The third-order valence-corrected chi connectivity index (χ3v) is 8.33. The number of hydrogen-bond acceptors (Lipinski definition) is 7. The van der Waals surface area contributed by atoms with E-state index in [1.807, 2.05) is 11.8 Å². The molecular weight excluding hydrogens is 627 g/mol. The molecule has 0 saturated carbocycles. The summed E-state index contributed by atoms with van der Waals surface area (Å²) in [5, 5.41) is 8.05. The molecule has 1 aromatic heterocycles. The Morgan fingerprint density at radius 3 is 2.60 bits per heavy atom. The van der Waals surface area contributed by atoms with E-state index in [0.29, 0.717) is 19.8 Å². The summed E-state index contributed by atoms with van der Waals surface area (Å²) >= 11 is 0. The number of piperidine rings is 1. The zero-order chi connectivity index (χ0) is 33.9. The van der Waals surface area contributed by atoms with Crippen LogP contribution >= 0.6 is 0 Å². The first-order valence-electron chi connectivity index (χ1n) is 15.0. The number of amides is 2. The van der Waals surface area contributed by atoms with E-state index in [0.717, 1.165) is 23.4 Å². The van der Waals surface area contributed by atoms with Gasteiger partial charge in [0.25, 0.3) is 11.8 Å². The number of imidazole rings is 1. The van der Waals surface area contributed by atoms with E-state index >= 15 is 4.39 Å². The summed E-state index contributed by atoms with van der Waals surface area (Å²) in [5.41, 5.74) is 0.293. The van der Waals surface area contributed by atoms with Crippen molar-refractivity contribution in [3.05, 3.63) is 53.1 Å². The standard InChI is InChI=1S/C32H35F5N6O4/c1-18-13-42(20-6-8-47-15-20)14-24(34)28(18)41-31(45)22-9-19(10-26-29(22)40-17-43(26)16-32(35,36)37)5-4-7-39-25-11-21(30(44)38-2)23(33)12-27(25)46-3/h9-12,17-18,20,24,28,39H,6-8,13-16H2,1-3H3,(H,38,44)(H,41,45)/t18-,20?,24-,28+/m0/s1. The molecule has 2 saturated heterocycles. The van der Waals surface area contributed by atoms with Gasteiger partial charge in [-0.2, -0.15) is 13.2 Å². The lowest BCUT2D eigenvalue weighted by molar-refractivity contribution is -0.140. The van der Waals surface area contributed by atoms with Gasteiger partial charge < -0.3 is 30.0 Å². The number of ether oxygens (including phenoxy) is 2. The number of methoxy groups -OCH3 is 1. The van der Waals surface area contributed by atoms with E-state index in [2.05, 4.69) is 32.8 Å². The summed E-state index contributed by atoms with van der Waals surface area (Å²) in [5.74, 6) is 3.43. The van der Waals surface area contributed by atoms with Crippen LogP contribution in [0.25, 0.3) is 11.0 Å². The fourth-order valence-electron chi connectivity index (χ4n) is 6.01. The Balaban J connectivity index is 1.39. The number of hydrogen-bond donors (Lipinski definition) is 3. The molecule has 5 rings (SSSR count). The van der Waals surface area contributed by atoms with Gasteiger partial charge >= 0.3 is 6.18 Å². The van der Waals surface area contributed by atoms with Gasteiger partial charge in [-0.15, -0.1) is 0 Å². The molecular formula is C32H35F5N6O4. The van der Waals surface area contributed by atoms with Gasteiger partial charge in [0.05, 0.1) is 55.0 Å². The monoisotopic (exact) mass is 662 g/mol. The van der Waals surface area contributed by atoms with Crippen LogP contribution in [0.1, 0.15) is 39.6 Å². The molecule has 3 aromatic rings. The number of likely N-dealkylation sites (tertiary alicyclic amines) is 1. The third-order valence-electron chi connectivity index (χ3n) is 8.33. The summed E-state index contributed by atoms with van der Waals surface area (Å²) < 4.78 is 81.4. The molecule has 2 fully saturated rings. The van der Waals surface area contributed by atoms with Crippen LogP contribution in [0.3, 0.4) is 0 Å². The van der Waals surface area contributed by atoms with Crippen LogP contribution in [0, 0.1) is 23.6 Å². The number of aromatic nitrogens is 2. The number of fused-ring (bicyclic) bond motifs is 1. The fraction of sp³-hybridized carbons (Fsp3) is 0.469. The number of carbonyl (C=O) groups excluding carboxylic acids is 2. The van der Waals surface area contributed by atoms with Crippen molar-refractivity contribution < 1.29 is 41.0 Å². The smallest absolute Gasteiger partial charge is 0.406 e. The topological polar surface area (TPSA) is 110 Å². The molecule has 47 heavy (non-hydrogen) atoms. The molecule has 3 N–H and O–H groups in total. The highest BCUT2D eigenvalue weighted by Crippen LogP contribution is 2.29. The molecule has 0 spiro atoms. The molecule has 3 heterocycles. The molecule has 252 valence electrons. The van der Waals surface area contributed by atoms with Crippen molar-refractivity contribution >= 4 is 28.5 Å². The van der Waals surface area contributed by atoms with E-state index in [4.69, 9.17) is 9.47 Å². The minimum atomic E-state index is -4.56. The molecule has 10 nitrogen and oxygen atoms in total. The first-order chi connectivity index (χ1) is 22.4. The molecule has 2 aromatic carbocycles. The highest BCUT2D eigenvalue weighted by molar-refractivity contribution is 6.05. The average Bonchev–Trinajstić information content (AvgIpc) is 3.70. The predicted molar refractivity (Wildman–Crippen MR) is 164 cm³/mol. The lowest BCUT2D eigenvalue weighted by atomic mass is 9.90. The Morgan fingerprint density at radius 1 is 1.15 bits per heavy atom. The molecule has 0 radical (unpaired) electrons.